The SMILES string of the molecule is CCCCCCCCCCCCCCCCCCOS(=O)(=O)c1ccccc1C.[Na]. The van der Waals surface area contributed by atoms with Gasteiger partial charge in [0.25, 0.3) is 10.1 Å². The molecule has 1 aromatic carbocycles. The van der Waals surface area contributed by atoms with Crippen LogP contribution in [0.2, 0.25) is 0 Å². The summed E-state index contributed by atoms with van der Waals surface area (Å²) in [4.78, 5) is 0.288. The normalized spacial score (nSPS) is 11.4. The molecule has 0 saturated carbocycles. The number of unbranched alkanes of at least 4 members (excludes halogenated alkanes) is 15. The van der Waals surface area contributed by atoms with Gasteiger partial charge in [-0.05, 0) is 25.0 Å². The van der Waals surface area contributed by atoms with Gasteiger partial charge in [-0.1, -0.05) is 121 Å². The van der Waals surface area contributed by atoms with E-state index in [-0.39, 0.29) is 41.1 Å². The topological polar surface area (TPSA) is 43.4 Å². The zero-order chi connectivity index (χ0) is 21.2. The predicted molar refractivity (Wildman–Crippen MR) is 130 cm³/mol. The average Bonchev–Trinajstić information content (AvgIpc) is 2.70. The van der Waals surface area contributed by atoms with Crippen LogP contribution in [0.4, 0.5) is 0 Å². The summed E-state index contributed by atoms with van der Waals surface area (Å²) in [6.07, 6.45) is 20.9. The Hall–Kier alpha value is 0.130. The van der Waals surface area contributed by atoms with E-state index in [1.807, 2.05) is 6.07 Å². The molecule has 0 unspecified atom stereocenters. The molecule has 0 fully saturated rings. The molecule has 0 heterocycles. The quantitative estimate of drug-likeness (QED) is 0.125. The van der Waals surface area contributed by atoms with Gasteiger partial charge in [-0.15, -0.1) is 0 Å². The fourth-order valence-electron chi connectivity index (χ4n) is 3.72. The molecule has 0 aliphatic heterocycles. The molecule has 1 aromatic rings. The molecule has 0 saturated heterocycles. The third-order valence-electron chi connectivity index (χ3n) is 5.60. The van der Waals surface area contributed by atoms with Crippen LogP contribution < -0.4 is 0 Å². The van der Waals surface area contributed by atoms with Crippen molar-refractivity contribution in [3.05, 3.63) is 29.8 Å². The minimum Gasteiger partial charge on any atom is -0.266 e. The van der Waals surface area contributed by atoms with Gasteiger partial charge in [-0.3, -0.25) is 4.18 Å². The zero-order valence-corrected chi connectivity index (χ0v) is 22.8. The maximum absolute atomic E-state index is 12.2. The van der Waals surface area contributed by atoms with E-state index in [1.165, 1.54) is 89.9 Å². The first-order valence-electron chi connectivity index (χ1n) is 12.0. The van der Waals surface area contributed by atoms with E-state index >= 15 is 0 Å². The molecule has 30 heavy (non-hydrogen) atoms. The van der Waals surface area contributed by atoms with Crippen LogP contribution in [0.15, 0.2) is 29.2 Å². The summed E-state index contributed by atoms with van der Waals surface area (Å²) in [5.41, 5.74) is 0.736. The van der Waals surface area contributed by atoms with Crippen molar-refractivity contribution in [1.29, 1.82) is 0 Å². The maximum atomic E-state index is 12.2. The van der Waals surface area contributed by atoms with E-state index in [1.54, 1.807) is 25.1 Å². The monoisotopic (exact) mass is 447 g/mol. The summed E-state index contributed by atoms with van der Waals surface area (Å²) < 4.78 is 29.6. The molecule has 0 N–H and O–H groups in total. The second-order valence-electron chi connectivity index (χ2n) is 8.34. The van der Waals surface area contributed by atoms with Crippen LogP contribution in [0.5, 0.6) is 0 Å². The first kappa shape index (κ1) is 30.1. The van der Waals surface area contributed by atoms with Crippen LogP contribution in [0, 0.1) is 6.92 Å². The Morgan fingerprint density at radius 3 is 1.50 bits per heavy atom. The fourth-order valence-corrected chi connectivity index (χ4v) is 4.89. The van der Waals surface area contributed by atoms with Crippen molar-refractivity contribution < 1.29 is 12.6 Å². The first-order chi connectivity index (χ1) is 14.1. The Balaban J connectivity index is 0.00000841. The standard InChI is InChI=1S/C25H44O3S.Na/c1-3-4-5-6-7-8-9-10-11-12-13-14-15-16-17-20-23-28-29(26,27)25-22-19-18-21-24(25)2;/h18-19,21-22H,3-17,20,23H2,1-2H3;. The molecule has 0 spiro atoms. The van der Waals surface area contributed by atoms with Gasteiger partial charge in [0.05, 0.1) is 11.5 Å². The van der Waals surface area contributed by atoms with Gasteiger partial charge in [-0.25, -0.2) is 0 Å². The number of rotatable bonds is 19. The van der Waals surface area contributed by atoms with E-state index in [4.69, 9.17) is 4.18 Å². The van der Waals surface area contributed by atoms with Gasteiger partial charge in [0.1, 0.15) is 0 Å². The Bertz CT molecular complexity index is 617. The summed E-state index contributed by atoms with van der Waals surface area (Å²) in [5.74, 6) is 0. The van der Waals surface area contributed by atoms with Crippen LogP contribution >= 0.6 is 0 Å². The molecule has 0 aliphatic carbocycles. The Labute approximate surface area is 209 Å². The third-order valence-corrected chi connectivity index (χ3v) is 7.07. The van der Waals surface area contributed by atoms with Gasteiger partial charge < -0.3 is 0 Å². The number of benzene rings is 1. The molecule has 0 aromatic heterocycles. The van der Waals surface area contributed by atoms with Gasteiger partial charge >= 0.3 is 0 Å². The van der Waals surface area contributed by atoms with Gasteiger partial charge in [0, 0.05) is 29.6 Å². The summed E-state index contributed by atoms with van der Waals surface area (Å²) in [6.45, 7) is 4.36. The van der Waals surface area contributed by atoms with Gasteiger partial charge in [0.2, 0.25) is 0 Å². The van der Waals surface area contributed by atoms with E-state index in [9.17, 15) is 8.42 Å². The smallest absolute Gasteiger partial charge is 0.266 e. The van der Waals surface area contributed by atoms with Crippen molar-refractivity contribution in [2.75, 3.05) is 6.61 Å². The van der Waals surface area contributed by atoms with Crippen LogP contribution in [0.3, 0.4) is 0 Å². The summed E-state index contributed by atoms with van der Waals surface area (Å²) in [7, 11) is -3.61. The molecule has 169 valence electrons. The number of hydrogen-bond acceptors (Lipinski definition) is 3. The van der Waals surface area contributed by atoms with E-state index in [0.29, 0.717) is 0 Å². The Kier molecular flexibility index (Phi) is 19.9. The van der Waals surface area contributed by atoms with E-state index in [2.05, 4.69) is 6.92 Å². The third kappa shape index (κ3) is 15.0. The number of aryl methyl sites for hydroxylation is 1. The van der Waals surface area contributed by atoms with Crippen molar-refractivity contribution in [3.8, 4) is 0 Å². The minimum absolute atomic E-state index is 0. The van der Waals surface area contributed by atoms with Crippen molar-refractivity contribution in [2.24, 2.45) is 0 Å². The van der Waals surface area contributed by atoms with Crippen LogP contribution in [-0.4, -0.2) is 44.6 Å². The number of hydrogen-bond donors (Lipinski definition) is 0. The van der Waals surface area contributed by atoms with Gasteiger partial charge in [0.15, 0.2) is 0 Å². The molecule has 1 radical (unpaired) electrons. The van der Waals surface area contributed by atoms with Gasteiger partial charge in [-0.2, -0.15) is 8.42 Å². The molecule has 0 amide bonds. The van der Waals surface area contributed by atoms with E-state index in [0.717, 1.165) is 18.4 Å². The second kappa shape index (κ2) is 19.8. The summed E-state index contributed by atoms with van der Waals surface area (Å²) in [6, 6.07) is 6.98. The maximum Gasteiger partial charge on any atom is 0.297 e. The molecule has 5 heteroatoms. The Morgan fingerprint density at radius 1 is 0.667 bits per heavy atom. The van der Waals surface area contributed by atoms with Crippen molar-refractivity contribution in [2.45, 2.75) is 121 Å². The molecular weight excluding hydrogens is 403 g/mol. The minimum atomic E-state index is -3.61. The first-order valence-corrected chi connectivity index (χ1v) is 13.4. The van der Waals surface area contributed by atoms with Crippen LogP contribution in [0.1, 0.15) is 115 Å². The van der Waals surface area contributed by atoms with E-state index < -0.39 is 10.1 Å². The predicted octanol–water partition coefficient (Wildman–Crippen LogP) is 7.58. The Morgan fingerprint density at radius 2 is 1.07 bits per heavy atom. The van der Waals surface area contributed by atoms with Crippen molar-refractivity contribution >= 4 is 39.7 Å². The molecule has 1 rings (SSSR count). The zero-order valence-electron chi connectivity index (χ0n) is 20.0. The fraction of sp³-hybridized carbons (Fsp3) is 0.760. The molecular formula is C25H44NaO3S. The largest absolute Gasteiger partial charge is 0.297 e. The summed E-state index contributed by atoms with van der Waals surface area (Å²) in [5, 5.41) is 0. The van der Waals surface area contributed by atoms with Crippen molar-refractivity contribution in [3.63, 3.8) is 0 Å². The molecule has 3 nitrogen and oxygen atoms in total. The molecule has 0 aliphatic rings. The molecule has 0 bridgehead atoms. The van der Waals surface area contributed by atoms with Crippen LogP contribution in [0.25, 0.3) is 0 Å². The summed E-state index contributed by atoms with van der Waals surface area (Å²) >= 11 is 0. The molecule has 0 atom stereocenters. The van der Waals surface area contributed by atoms with Crippen LogP contribution in [-0.2, 0) is 14.3 Å². The van der Waals surface area contributed by atoms with Crippen molar-refractivity contribution in [1.82, 2.24) is 0 Å². The average molecular weight is 448 g/mol. The second-order valence-corrected chi connectivity index (χ2v) is 9.93.